The minimum Gasteiger partial charge on any atom is -0.480 e. The molecule has 0 radical (unpaired) electrons. The highest BCUT2D eigenvalue weighted by Gasteiger charge is 2.34. The molecule has 22 heavy (non-hydrogen) atoms. The van der Waals surface area contributed by atoms with Crippen LogP contribution in [0.5, 0.6) is 0 Å². The standard InChI is InChI=1S/C16H20FNO4/c1-11(5-6-12-3-2-4-13(17)9-12)15(19)18-7-8-22-10-14(18)16(20)21/h2-4,9,11,14H,5-8,10H2,1H3,(H,20,21)/t11-,14-/m1/s1. The summed E-state index contributed by atoms with van der Waals surface area (Å²) in [7, 11) is 0. The average Bonchev–Trinajstić information content (AvgIpc) is 2.52. The second kappa shape index (κ2) is 7.35. The third-order valence-corrected chi connectivity index (χ3v) is 3.87. The van der Waals surface area contributed by atoms with Crippen LogP contribution in [0.2, 0.25) is 0 Å². The number of benzene rings is 1. The predicted molar refractivity (Wildman–Crippen MR) is 77.8 cm³/mol. The molecule has 5 nitrogen and oxygen atoms in total. The second-order valence-corrected chi connectivity index (χ2v) is 5.53. The molecule has 1 saturated heterocycles. The number of carboxylic acid groups (broad SMARTS) is 1. The van der Waals surface area contributed by atoms with Crippen molar-refractivity contribution in [2.75, 3.05) is 19.8 Å². The Morgan fingerprint density at radius 3 is 2.95 bits per heavy atom. The maximum absolute atomic E-state index is 13.1. The molecule has 1 aliphatic rings. The molecule has 6 heteroatoms. The summed E-state index contributed by atoms with van der Waals surface area (Å²) in [6.45, 7) is 2.44. The predicted octanol–water partition coefficient (Wildman–Crippen LogP) is 1.71. The van der Waals surface area contributed by atoms with Gasteiger partial charge in [-0.1, -0.05) is 19.1 Å². The lowest BCUT2D eigenvalue weighted by Crippen LogP contribution is -2.54. The Kier molecular flexibility index (Phi) is 5.49. The van der Waals surface area contributed by atoms with Crippen LogP contribution in [0.3, 0.4) is 0 Å². The number of nitrogens with zero attached hydrogens (tertiary/aromatic N) is 1. The van der Waals surface area contributed by atoms with Crippen molar-refractivity contribution in [3.8, 4) is 0 Å². The van der Waals surface area contributed by atoms with Gasteiger partial charge in [-0.05, 0) is 30.5 Å². The molecule has 1 aromatic carbocycles. The minimum absolute atomic E-state index is 0.0255. The highest BCUT2D eigenvalue weighted by molar-refractivity contribution is 5.85. The van der Waals surface area contributed by atoms with Crippen molar-refractivity contribution in [2.24, 2.45) is 5.92 Å². The Morgan fingerprint density at radius 1 is 1.50 bits per heavy atom. The van der Waals surface area contributed by atoms with E-state index in [4.69, 9.17) is 9.84 Å². The molecule has 2 rings (SSSR count). The summed E-state index contributed by atoms with van der Waals surface area (Å²) in [5, 5.41) is 9.16. The van der Waals surface area contributed by atoms with Gasteiger partial charge in [0.25, 0.3) is 0 Å². The van der Waals surface area contributed by atoms with Gasteiger partial charge in [0.15, 0.2) is 6.04 Å². The Bertz CT molecular complexity index is 549. The first-order chi connectivity index (χ1) is 10.5. The molecule has 120 valence electrons. The van der Waals surface area contributed by atoms with Crippen molar-refractivity contribution in [3.05, 3.63) is 35.6 Å². The van der Waals surface area contributed by atoms with Crippen molar-refractivity contribution >= 4 is 11.9 Å². The number of morpholine rings is 1. The van der Waals surface area contributed by atoms with E-state index in [0.717, 1.165) is 5.56 Å². The van der Waals surface area contributed by atoms with E-state index >= 15 is 0 Å². The maximum atomic E-state index is 13.1. The van der Waals surface area contributed by atoms with Crippen LogP contribution < -0.4 is 0 Å². The van der Waals surface area contributed by atoms with E-state index in [1.165, 1.54) is 17.0 Å². The summed E-state index contributed by atoms with van der Waals surface area (Å²) in [5.74, 6) is -1.85. The van der Waals surface area contributed by atoms with Crippen molar-refractivity contribution in [3.63, 3.8) is 0 Å². The summed E-state index contributed by atoms with van der Waals surface area (Å²) in [6, 6.07) is 5.36. The number of aryl methyl sites for hydroxylation is 1. The lowest BCUT2D eigenvalue weighted by Gasteiger charge is -2.34. The Labute approximate surface area is 128 Å². The zero-order chi connectivity index (χ0) is 16.1. The van der Waals surface area contributed by atoms with E-state index in [2.05, 4.69) is 0 Å². The van der Waals surface area contributed by atoms with Crippen molar-refractivity contribution in [2.45, 2.75) is 25.8 Å². The maximum Gasteiger partial charge on any atom is 0.328 e. The molecular weight excluding hydrogens is 289 g/mol. The Hall–Kier alpha value is -1.95. The van der Waals surface area contributed by atoms with Gasteiger partial charge in [0.05, 0.1) is 13.2 Å². The number of carbonyl (C=O) groups is 2. The fourth-order valence-corrected chi connectivity index (χ4v) is 2.55. The fourth-order valence-electron chi connectivity index (χ4n) is 2.55. The van der Waals surface area contributed by atoms with Crippen LogP contribution in [0.4, 0.5) is 4.39 Å². The van der Waals surface area contributed by atoms with E-state index in [1.807, 2.05) is 6.07 Å². The highest BCUT2D eigenvalue weighted by Crippen LogP contribution is 2.17. The third-order valence-electron chi connectivity index (χ3n) is 3.87. The fraction of sp³-hybridized carbons (Fsp3) is 0.500. The van der Waals surface area contributed by atoms with Crippen LogP contribution in [-0.2, 0) is 20.7 Å². The summed E-state index contributed by atoms with van der Waals surface area (Å²) in [5.41, 5.74) is 0.830. The normalized spacial score (nSPS) is 19.7. The average molecular weight is 309 g/mol. The van der Waals surface area contributed by atoms with Gasteiger partial charge in [0, 0.05) is 12.5 Å². The lowest BCUT2D eigenvalue weighted by molar-refractivity contribution is -0.160. The van der Waals surface area contributed by atoms with Gasteiger partial charge in [-0.25, -0.2) is 9.18 Å². The second-order valence-electron chi connectivity index (χ2n) is 5.53. The van der Waals surface area contributed by atoms with Crippen molar-refractivity contribution < 1.29 is 23.8 Å². The van der Waals surface area contributed by atoms with Gasteiger partial charge in [-0.2, -0.15) is 0 Å². The quantitative estimate of drug-likeness (QED) is 0.899. The van der Waals surface area contributed by atoms with Crippen molar-refractivity contribution in [1.82, 2.24) is 4.90 Å². The third kappa shape index (κ3) is 4.04. The number of aliphatic carboxylic acids is 1. The SMILES string of the molecule is C[C@H](CCc1cccc(F)c1)C(=O)N1CCOC[C@@H]1C(=O)O. The zero-order valence-corrected chi connectivity index (χ0v) is 12.5. The molecule has 0 aliphatic carbocycles. The van der Waals surface area contributed by atoms with Crippen LogP contribution >= 0.6 is 0 Å². The first-order valence-corrected chi connectivity index (χ1v) is 7.34. The van der Waals surface area contributed by atoms with Gasteiger partial charge in [-0.15, -0.1) is 0 Å². The number of rotatable bonds is 5. The van der Waals surface area contributed by atoms with Crippen molar-refractivity contribution in [1.29, 1.82) is 0 Å². The molecule has 0 bridgehead atoms. The van der Waals surface area contributed by atoms with E-state index in [9.17, 15) is 14.0 Å². The molecule has 1 fully saturated rings. The van der Waals surface area contributed by atoms with Crippen LogP contribution in [0.1, 0.15) is 18.9 Å². The van der Waals surface area contributed by atoms with Gasteiger partial charge in [0.2, 0.25) is 5.91 Å². The molecule has 2 atom stereocenters. The van der Waals surface area contributed by atoms with Gasteiger partial charge in [-0.3, -0.25) is 4.79 Å². The smallest absolute Gasteiger partial charge is 0.328 e. The Morgan fingerprint density at radius 2 is 2.27 bits per heavy atom. The first-order valence-electron chi connectivity index (χ1n) is 7.34. The van der Waals surface area contributed by atoms with Gasteiger partial charge < -0.3 is 14.7 Å². The van der Waals surface area contributed by atoms with E-state index in [1.54, 1.807) is 13.0 Å². The molecule has 1 aromatic rings. The largest absolute Gasteiger partial charge is 0.480 e. The van der Waals surface area contributed by atoms with Gasteiger partial charge in [0.1, 0.15) is 5.82 Å². The van der Waals surface area contributed by atoms with Crippen LogP contribution in [0, 0.1) is 11.7 Å². The minimum atomic E-state index is -1.05. The molecule has 1 aliphatic heterocycles. The molecular formula is C16H20FNO4. The zero-order valence-electron chi connectivity index (χ0n) is 12.5. The number of hydrogen-bond donors (Lipinski definition) is 1. The summed E-state index contributed by atoms with van der Waals surface area (Å²) in [6.07, 6.45) is 1.12. The monoisotopic (exact) mass is 309 g/mol. The highest BCUT2D eigenvalue weighted by atomic mass is 19.1. The topological polar surface area (TPSA) is 66.8 Å². The number of carboxylic acids is 1. The number of halogens is 1. The summed E-state index contributed by atoms with van der Waals surface area (Å²) in [4.78, 5) is 25.0. The van der Waals surface area contributed by atoms with E-state index in [0.29, 0.717) is 26.0 Å². The summed E-state index contributed by atoms with van der Waals surface area (Å²) >= 11 is 0. The van der Waals surface area contributed by atoms with E-state index < -0.39 is 12.0 Å². The molecule has 0 unspecified atom stereocenters. The van der Waals surface area contributed by atoms with Crippen LogP contribution in [0.15, 0.2) is 24.3 Å². The molecule has 1 amide bonds. The van der Waals surface area contributed by atoms with E-state index in [-0.39, 0.29) is 24.2 Å². The summed E-state index contributed by atoms with van der Waals surface area (Å²) < 4.78 is 18.3. The number of hydrogen-bond acceptors (Lipinski definition) is 3. The lowest BCUT2D eigenvalue weighted by atomic mass is 9.99. The molecule has 0 aromatic heterocycles. The van der Waals surface area contributed by atoms with Crippen LogP contribution in [-0.4, -0.2) is 47.7 Å². The van der Waals surface area contributed by atoms with Gasteiger partial charge >= 0.3 is 5.97 Å². The molecule has 0 spiro atoms. The number of amides is 1. The first kappa shape index (κ1) is 16.4. The number of carbonyl (C=O) groups excluding carboxylic acids is 1. The Balaban J connectivity index is 1.94. The molecule has 1 heterocycles. The van der Waals surface area contributed by atoms with Crippen LogP contribution in [0.25, 0.3) is 0 Å². The molecule has 1 N–H and O–H groups in total. The number of ether oxygens (including phenoxy) is 1. The molecule has 0 saturated carbocycles.